The van der Waals surface area contributed by atoms with Crippen molar-refractivity contribution in [1.29, 1.82) is 0 Å². The molecule has 0 aromatic heterocycles. The lowest BCUT2D eigenvalue weighted by Crippen LogP contribution is -2.49. The van der Waals surface area contributed by atoms with E-state index in [0.29, 0.717) is 30.8 Å². The van der Waals surface area contributed by atoms with Gasteiger partial charge >= 0.3 is 0 Å². The lowest BCUT2D eigenvalue weighted by atomic mass is 10.1. The van der Waals surface area contributed by atoms with Gasteiger partial charge in [-0.15, -0.1) is 11.8 Å². The van der Waals surface area contributed by atoms with Gasteiger partial charge in [0.05, 0.1) is 5.75 Å². The van der Waals surface area contributed by atoms with Crippen molar-refractivity contribution in [3.05, 3.63) is 71.0 Å². The third kappa shape index (κ3) is 8.02. The minimum atomic E-state index is -0.528. The fourth-order valence-corrected chi connectivity index (χ4v) is 4.16. The molecule has 0 spiro atoms. The van der Waals surface area contributed by atoms with Crippen molar-refractivity contribution in [2.24, 2.45) is 0 Å². The molecule has 1 N–H and O–H groups in total. The summed E-state index contributed by atoms with van der Waals surface area (Å²) in [7, 11) is 0. The minimum absolute atomic E-state index is 0.112. The second kappa shape index (κ2) is 13.2. The number of nitrogens with zero attached hydrogens (tertiary/aromatic N) is 1. The van der Waals surface area contributed by atoms with Crippen LogP contribution in [-0.2, 0) is 21.9 Å². The summed E-state index contributed by atoms with van der Waals surface area (Å²) in [5.41, 5.74) is 2.71. The van der Waals surface area contributed by atoms with Gasteiger partial charge in [0.1, 0.15) is 11.9 Å². The summed E-state index contributed by atoms with van der Waals surface area (Å²) in [5.74, 6) is 0.116. The van der Waals surface area contributed by atoms with Gasteiger partial charge in [-0.2, -0.15) is 0 Å². The molecular weight excluding hydrogens is 411 g/mol. The molecule has 2 aromatic carbocycles. The molecule has 31 heavy (non-hydrogen) atoms. The van der Waals surface area contributed by atoms with Crippen LogP contribution in [0.5, 0.6) is 0 Å². The highest BCUT2D eigenvalue weighted by Gasteiger charge is 2.28. The number of amides is 2. The Morgan fingerprint density at radius 2 is 1.81 bits per heavy atom. The van der Waals surface area contributed by atoms with Crippen molar-refractivity contribution in [2.75, 3.05) is 12.3 Å². The maximum atomic E-state index is 13.9. The Morgan fingerprint density at radius 1 is 1.10 bits per heavy atom. The van der Waals surface area contributed by atoms with E-state index in [0.717, 1.165) is 24.0 Å². The van der Waals surface area contributed by atoms with E-state index >= 15 is 0 Å². The van der Waals surface area contributed by atoms with Crippen molar-refractivity contribution >= 4 is 23.6 Å². The highest BCUT2D eigenvalue weighted by Crippen LogP contribution is 2.19. The monoisotopic (exact) mass is 444 g/mol. The molecule has 0 aliphatic carbocycles. The molecule has 1 unspecified atom stereocenters. The summed E-state index contributed by atoms with van der Waals surface area (Å²) in [5, 5.41) is 2.97. The summed E-state index contributed by atoms with van der Waals surface area (Å²) in [6, 6.07) is 14.1. The van der Waals surface area contributed by atoms with E-state index in [-0.39, 0.29) is 23.4 Å². The molecule has 0 saturated heterocycles. The van der Waals surface area contributed by atoms with Gasteiger partial charge in [-0.3, -0.25) is 9.59 Å². The van der Waals surface area contributed by atoms with E-state index in [1.165, 1.54) is 17.8 Å². The van der Waals surface area contributed by atoms with Crippen LogP contribution in [-0.4, -0.2) is 35.1 Å². The van der Waals surface area contributed by atoms with Gasteiger partial charge in [-0.25, -0.2) is 4.39 Å². The minimum Gasteiger partial charge on any atom is -0.354 e. The molecule has 2 amide bonds. The predicted molar refractivity (Wildman–Crippen MR) is 126 cm³/mol. The summed E-state index contributed by atoms with van der Waals surface area (Å²) in [6.07, 6.45) is 2.44. The number of carbonyl (C=O) groups is 2. The molecule has 0 aliphatic heterocycles. The number of aryl methyl sites for hydroxylation is 1. The van der Waals surface area contributed by atoms with Gasteiger partial charge in [-0.05, 0) is 37.0 Å². The van der Waals surface area contributed by atoms with Crippen LogP contribution in [0.3, 0.4) is 0 Å². The molecule has 4 nitrogen and oxygen atoms in total. The lowest BCUT2D eigenvalue weighted by Gasteiger charge is -2.30. The third-order valence-corrected chi connectivity index (χ3v) is 6.10. The van der Waals surface area contributed by atoms with Gasteiger partial charge in [-0.1, -0.05) is 68.3 Å². The van der Waals surface area contributed by atoms with Crippen molar-refractivity contribution in [1.82, 2.24) is 10.2 Å². The fraction of sp³-hybridized carbons (Fsp3) is 0.440. The number of unbranched alkanes of at least 4 members (excludes halogenated alkanes) is 1. The van der Waals surface area contributed by atoms with E-state index in [9.17, 15) is 14.0 Å². The molecule has 0 heterocycles. The highest BCUT2D eigenvalue weighted by molar-refractivity contribution is 7.99. The number of carbonyl (C=O) groups excluding carboxylic acids is 2. The molecule has 168 valence electrons. The van der Waals surface area contributed by atoms with Crippen LogP contribution in [0.2, 0.25) is 0 Å². The van der Waals surface area contributed by atoms with Crippen molar-refractivity contribution in [3.63, 3.8) is 0 Å². The summed E-state index contributed by atoms with van der Waals surface area (Å²) in [4.78, 5) is 27.6. The van der Waals surface area contributed by atoms with E-state index in [2.05, 4.69) is 12.2 Å². The molecule has 2 aromatic rings. The summed E-state index contributed by atoms with van der Waals surface area (Å²) < 4.78 is 13.9. The number of hydrogen-bond donors (Lipinski definition) is 1. The standard InChI is InChI=1S/C25H33FN2O2S/c1-4-6-15-27-25(30)23(5-2)28(16-20-13-11-19(3)12-14-20)24(29)18-31-17-21-9-7-8-10-22(21)26/h7-14,23H,4-6,15-18H2,1-3H3,(H,27,30). The normalized spacial score (nSPS) is 11.7. The van der Waals surface area contributed by atoms with E-state index < -0.39 is 6.04 Å². The van der Waals surface area contributed by atoms with Crippen LogP contribution in [0.15, 0.2) is 48.5 Å². The van der Waals surface area contributed by atoms with Crippen molar-refractivity contribution in [3.8, 4) is 0 Å². The molecule has 2 rings (SSSR count). The number of rotatable bonds is 12. The van der Waals surface area contributed by atoms with E-state index in [1.54, 1.807) is 23.1 Å². The second-order valence-corrected chi connectivity index (χ2v) is 8.65. The number of nitrogens with one attached hydrogen (secondary N) is 1. The first-order valence-electron chi connectivity index (χ1n) is 10.9. The van der Waals surface area contributed by atoms with Gasteiger partial charge < -0.3 is 10.2 Å². The maximum absolute atomic E-state index is 13.9. The van der Waals surface area contributed by atoms with Crippen LogP contribution in [0, 0.1) is 12.7 Å². The largest absolute Gasteiger partial charge is 0.354 e. The maximum Gasteiger partial charge on any atom is 0.242 e. The topological polar surface area (TPSA) is 49.4 Å². The van der Waals surface area contributed by atoms with E-state index in [1.807, 2.05) is 38.1 Å². The Bertz CT molecular complexity index is 842. The zero-order valence-electron chi connectivity index (χ0n) is 18.7. The average Bonchev–Trinajstić information content (AvgIpc) is 2.76. The van der Waals surface area contributed by atoms with Gasteiger partial charge in [0.15, 0.2) is 0 Å². The Balaban J connectivity index is 2.10. The number of halogens is 1. The molecule has 0 fully saturated rings. The van der Waals surface area contributed by atoms with Crippen molar-refractivity contribution < 1.29 is 14.0 Å². The van der Waals surface area contributed by atoms with Crippen molar-refractivity contribution in [2.45, 2.75) is 58.4 Å². The Hall–Kier alpha value is -2.34. The van der Waals surface area contributed by atoms with E-state index in [4.69, 9.17) is 0 Å². The first-order chi connectivity index (χ1) is 15.0. The predicted octanol–water partition coefficient (Wildman–Crippen LogP) is 5.09. The molecule has 6 heteroatoms. The van der Waals surface area contributed by atoms with Crippen LogP contribution >= 0.6 is 11.8 Å². The summed E-state index contributed by atoms with van der Waals surface area (Å²) >= 11 is 1.37. The molecule has 0 saturated carbocycles. The molecule has 0 bridgehead atoms. The zero-order valence-corrected chi connectivity index (χ0v) is 19.5. The average molecular weight is 445 g/mol. The van der Waals surface area contributed by atoms with Crippen LogP contribution < -0.4 is 5.32 Å². The zero-order chi connectivity index (χ0) is 22.6. The first-order valence-corrected chi connectivity index (χ1v) is 12.1. The SMILES string of the molecule is CCCCNC(=O)C(CC)N(Cc1ccc(C)cc1)C(=O)CSCc1ccccc1F. The molecular formula is C25H33FN2O2S. The number of thioether (sulfide) groups is 1. The highest BCUT2D eigenvalue weighted by atomic mass is 32.2. The lowest BCUT2D eigenvalue weighted by molar-refractivity contribution is -0.139. The van der Waals surface area contributed by atoms with Gasteiger partial charge in [0, 0.05) is 18.8 Å². The van der Waals surface area contributed by atoms with Gasteiger partial charge in [0.25, 0.3) is 0 Å². The Kier molecular flexibility index (Phi) is 10.6. The molecule has 0 radical (unpaired) electrons. The second-order valence-electron chi connectivity index (χ2n) is 7.66. The fourth-order valence-electron chi connectivity index (χ4n) is 3.26. The third-order valence-electron chi connectivity index (χ3n) is 5.13. The quantitative estimate of drug-likeness (QED) is 0.464. The van der Waals surface area contributed by atoms with Crippen LogP contribution in [0.1, 0.15) is 49.8 Å². The number of benzene rings is 2. The Morgan fingerprint density at radius 3 is 2.45 bits per heavy atom. The Labute approximate surface area is 189 Å². The van der Waals surface area contributed by atoms with Gasteiger partial charge in [0.2, 0.25) is 11.8 Å². The van der Waals surface area contributed by atoms with Crippen LogP contribution in [0.25, 0.3) is 0 Å². The summed E-state index contributed by atoms with van der Waals surface area (Å²) in [6.45, 7) is 7.00. The first kappa shape index (κ1) is 24.9. The molecule has 0 aliphatic rings. The number of hydrogen-bond acceptors (Lipinski definition) is 3. The smallest absolute Gasteiger partial charge is 0.242 e. The molecule has 1 atom stereocenters. The van der Waals surface area contributed by atoms with Crippen LogP contribution in [0.4, 0.5) is 4.39 Å².